The molecule has 0 saturated carbocycles. The van der Waals surface area contributed by atoms with Crippen molar-refractivity contribution in [1.82, 2.24) is 15.1 Å². The van der Waals surface area contributed by atoms with Gasteiger partial charge in [-0.05, 0) is 26.2 Å². The first-order valence-electron chi connectivity index (χ1n) is 7.67. The molecule has 2 aliphatic rings. The highest BCUT2D eigenvalue weighted by Crippen LogP contribution is 2.21. The number of nitrogens with one attached hydrogen (secondary N) is 1. The van der Waals surface area contributed by atoms with Crippen molar-refractivity contribution in [1.29, 1.82) is 0 Å². The Morgan fingerprint density at radius 3 is 2.45 bits per heavy atom. The number of para-hydroxylation sites is 1. The molecule has 110 valence electrons. The van der Waals surface area contributed by atoms with Crippen LogP contribution in [0.3, 0.4) is 0 Å². The van der Waals surface area contributed by atoms with E-state index in [1.54, 1.807) is 0 Å². The zero-order valence-electron chi connectivity index (χ0n) is 12.6. The number of piperazine rings is 2. The van der Waals surface area contributed by atoms with Gasteiger partial charge in [-0.1, -0.05) is 18.2 Å². The lowest BCUT2D eigenvalue weighted by atomic mass is 10.0. The number of anilines is 1. The Balaban J connectivity index is 1.73. The van der Waals surface area contributed by atoms with Crippen molar-refractivity contribution in [2.24, 2.45) is 0 Å². The Kier molecular flexibility index (Phi) is 4.24. The monoisotopic (exact) mass is 274 g/mol. The largest absolute Gasteiger partial charge is 0.369 e. The molecule has 0 spiro atoms. The zero-order valence-corrected chi connectivity index (χ0v) is 12.6. The molecule has 1 N–H and O–H groups in total. The molecule has 2 unspecified atom stereocenters. The number of hydrogen-bond donors (Lipinski definition) is 1. The summed E-state index contributed by atoms with van der Waals surface area (Å²) in [6.07, 6.45) is 0. The molecule has 0 radical (unpaired) electrons. The molecule has 0 amide bonds. The lowest BCUT2D eigenvalue weighted by Crippen LogP contribution is -2.64. The smallest absolute Gasteiger partial charge is 0.0436 e. The lowest BCUT2D eigenvalue weighted by molar-refractivity contribution is 0.0854. The molecule has 20 heavy (non-hydrogen) atoms. The second kappa shape index (κ2) is 6.12. The van der Waals surface area contributed by atoms with Crippen LogP contribution in [-0.2, 0) is 0 Å². The minimum Gasteiger partial charge on any atom is -0.369 e. The van der Waals surface area contributed by atoms with Crippen molar-refractivity contribution in [2.75, 3.05) is 58.3 Å². The average molecular weight is 274 g/mol. The number of benzene rings is 1. The summed E-state index contributed by atoms with van der Waals surface area (Å²) < 4.78 is 0. The summed E-state index contributed by atoms with van der Waals surface area (Å²) in [6, 6.07) is 12.0. The summed E-state index contributed by atoms with van der Waals surface area (Å²) in [5.74, 6) is 0. The molecule has 0 aliphatic carbocycles. The minimum atomic E-state index is 0.599. The molecule has 2 atom stereocenters. The van der Waals surface area contributed by atoms with Crippen LogP contribution in [0.4, 0.5) is 5.69 Å². The third-order valence-corrected chi connectivity index (χ3v) is 4.82. The van der Waals surface area contributed by atoms with E-state index < -0.39 is 0 Å². The van der Waals surface area contributed by atoms with Gasteiger partial charge in [-0.2, -0.15) is 0 Å². The standard InChI is InChI=1S/C16H26N4/c1-18-9-8-17-12-15(18)16-13-20(11-10-19(16)2)14-6-4-3-5-7-14/h3-7,15-17H,8-13H2,1-2H3. The molecule has 4 nitrogen and oxygen atoms in total. The Bertz CT molecular complexity index is 422. The van der Waals surface area contributed by atoms with Crippen molar-refractivity contribution in [3.8, 4) is 0 Å². The first-order valence-corrected chi connectivity index (χ1v) is 7.67. The highest BCUT2D eigenvalue weighted by atomic mass is 15.3. The third-order valence-electron chi connectivity index (χ3n) is 4.82. The summed E-state index contributed by atoms with van der Waals surface area (Å²) in [5, 5.41) is 3.55. The van der Waals surface area contributed by atoms with Gasteiger partial charge in [0.1, 0.15) is 0 Å². The van der Waals surface area contributed by atoms with Crippen LogP contribution in [0, 0.1) is 0 Å². The van der Waals surface area contributed by atoms with Crippen molar-refractivity contribution >= 4 is 5.69 Å². The fourth-order valence-electron chi connectivity index (χ4n) is 3.45. The van der Waals surface area contributed by atoms with E-state index in [0.717, 1.165) is 39.3 Å². The molecule has 2 heterocycles. The molecule has 4 heteroatoms. The lowest BCUT2D eigenvalue weighted by Gasteiger charge is -2.48. The molecule has 0 bridgehead atoms. The summed E-state index contributed by atoms with van der Waals surface area (Å²) in [7, 11) is 4.54. The summed E-state index contributed by atoms with van der Waals surface area (Å²) in [4.78, 5) is 7.59. The summed E-state index contributed by atoms with van der Waals surface area (Å²) in [6.45, 7) is 6.77. The molecule has 3 rings (SSSR count). The Labute approximate surface area is 122 Å². The van der Waals surface area contributed by atoms with Crippen LogP contribution < -0.4 is 10.2 Å². The van der Waals surface area contributed by atoms with Gasteiger partial charge in [0.15, 0.2) is 0 Å². The first kappa shape index (κ1) is 13.9. The SMILES string of the molecule is CN1CCNCC1C1CN(c2ccccc2)CCN1C. The number of likely N-dealkylation sites (N-methyl/N-ethyl adjacent to an activating group) is 2. The number of nitrogens with zero attached hydrogens (tertiary/aromatic N) is 3. The quantitative estimate of drug-likeness (QED) is 0.857. The van der Waals surface area contributed by atoms with Gasteiger partial charge in [0, 0.05) is 57.0 Å². The van der Waals surface area contributed by atoms with Gasteiger partial charge < -0.3 is 10.2 Å². The van der Waals surface area contributed by atoms with E-state index in [1.165, 1.54) is 5.69 Å². The maximum atomic E-state index is 3.55. The summed E-state index contributed by atoms with van der Waals surface area (Å²) >= 11 is 0. The fraction of sp³-hybridized carbons (Fsp3) is 0.625. The van der Waals surface area contributed by atoms with Crippen LogP contribution in [0.15, 0.2) is 30.3 Å². The van der Waals surface area contributed by atoms with Crippen molar-refractivity contribution in [3.05, 3.63) is 30.3 Å². The maximum Gasteiger partial charge on any atom is 0.0436 e. The summed E-state index contributed by atoms with van der Waals surface area (Å²) in [5.41, 5.74) is 1.36. The third kappa shape index (κ3) is 2.82. The Morgan fingerprint density at radius 1 is 0.950 bits per heavy atom. The van der Waals surface area contributed by atoms with Crippen LogP contribution in [0.2, 0.25) is 0 Å². The average Bonchev–Trinajstić information content (AvgIpc) is 2.49. The molecular weight excluding hydrogens is 248 g/mol. The van der Waals surface area contributed by atoms with E-state index in [9.17, 15) is 0 Å². The van der Waals surface area contributed by atoms with Crippen molar-refractivity contribution in [3.63, 3.8) is 0 Å². The first-order chi connectivity index (χ1) is 9.75. The predicted octanol–water partition coefficient (Wildman–Crippen LogP) is 0.711. The van der Waals surface area contributed by atoms with Gasteiger partial charge in [-0.3, -0.25) is 9.80 Å². The van der Waals surface area contributed by atoms with Crippen LogP contribution in [0.25, 0.3) is 0 Å². The normalized spacial score (nSPS) is 29.6. The van der Waals surface area contributed by atoms with Gasteiger partial charge in [0.05, 0.1) is 0 Å². The highest BCUT2D eigenvalue weighted by Gasteiger charge is 2.34. The van der Waals surface area contributed by atoms with E-state index in [2.05, 4.69) is 64.4 Å². The maximum absolute atomic E-state index is 3.55. The fourth-order valence-corrected chi connectivity index (χ4v) is 3.45. The second-order valence-corrected chi connectivity index (χ2v) is 6.08. The Hall–Kier alpha value is -1.10. The van der Waals surface area contributed by atoms with Crippen LogP contribution in [-0.4, -0.2) is 75.2 Å². The molecule has 0 aromatic heterocycles. The van der Waals surface area contributed by atoms with E-state index in [0.29, 0.717) is 12.1 Å². The van der Waals surface area contributed by atoms with Crippen LogP contribution in [0.5, 0.6) is 0 Å². The van der Waals surface area contributed by atoms with E-state index in [4.69, 9.17) is 0 Å². The predicted molar refractivity (Wildman–Crippen MR) is 84.4 cm³/mol. The van der Waals surface area contributed by atoms with Gasteiger partial charge in [0.2, 0.25) is 0 Å². The van der Waals surface area contributed by atoms with E-state index >= 15 is 0 Å². The molecule has 2 fully saturated rings. The van der Waals surface area contributed by atoms with Gasteiger partial charge >= 0.3 is 0 Å². The van der Waals surface area contributed by atoms with Crippen molar-refractivity contribution in [2.45, 2.75) is 12.1 Å². The molecule has 2 aliphatic heterocycles. The minimum absolute atomic E-state index is 0.599. The zero-order chi connectivity index (χ0) is 13.9. The number of hydrogen-bond acceptors (Lipinski definition) is 4. The molecule has 2 saturated heterocycles. The molecular formula is C16H26N4. The number of rotatable bonds is 2. The second-order valence-electron chi connectivity index (χ2n) is 6.08. The van der Waals surface area contributed by atoms with Gasteiger partial charge in [-0.25, -0.2) is 0 Å². The molecule has 1 aromatic carbocycles. The Morgan fingerprint density at radius 2 is 1.70 bits per heavy atom. The van der Waals surface area contributed by atoms with Crippen molar-refractivity contribution < 1.29 is 0 Å². The van der Waals surface area contributed by atoms with Gasteiger partial charge in [0.25, 0.3) is 0 Å². The van der Waals surface area contributed by atoms with Gasteiger partial charge in [-0.15, -0.1) is 0 Å². The molecule has 1 aromatic rings. The van der Waals surface area contributed by atoms with E-state index in [1.807, 2.05) is 0 Å². The van der Waals surface area contributed by atoms with Crippen LogP contribution >= 0.6 is 0 Å². The van der Waals surface area contributed by atoms with Crippen LogP contribution in [0.1, 0.15) is 0 Å². The van der Waals surface area contributed by atoms with E-state index in [-0.39, 0.29) is 0 Å². The highest BCUT2D eigenvalue weighted by molar-refractivity contribution is 5.46. The topological polar surface area (TPSA) is 21.8 Å².